The van der Waals surface area contributed by atoms with E-state index in [-0.39, 0.29) is 17.4 Å². The summed E-state index contributed by atoms with van der Waals surface area (Å²) in [6, 6.07) is 12.5. The number of ether oxygens (including phenoxy) is 1. The third-order valence-corrected chi connectivity index (χ3v) is 5.02. The van der Waals surface area contributed by atoms with Crippen LogP contribution in [-0.2, 0) is 0 Å². The quantitative estimate of drug-likeness (QED) is 0.753. The van der Waals surface area contributed by atoms with Gasteiger partial charge in [0.15, 0.2) is 5.76 Å². The fraction of sp³-hybridized carbons (Fsp3) is 0.286. The monoisotopic (exact) mass is 379 g/mol. The topological polar surface area (TPSA) is 88.4 Å². The summed E-state index contributed by atoms with van der Waals surface area (Å²) in [7, 11) is 1.62. The van der Waals surface area contributed by atoms with E-state index in [2.05, 4.69) is 9.97 Å². The number of hydrogen-bond acceptors (Lipinski definition) is 5. The van der Waals surface area contributed by atoms with Crippen molar-refractivity contribution in [3.63, 3.8) is 0 Å². The number of carbonyl (C=O) groups excluding carboxylic acids is 1. The first-order valence-electron chi connectivity index (χ1n) is 9.22. The predicted molar refractivity (Wildman–Crippen MR) is 103 cm³/mol. The first kappa shape index (κ1) is 18.0. The number of nitrogens with zero attached hydrogens (tertiary/aromatic N) is 2. The van der Waals surface area contributed by atoms with Crippen molar-refractivity contribution in [1.82, 2.24) is 14.9 Å². The van der Waals surface area contributed by atoms with Gasteiger partial charge in [-0.15, -0.1) is 0 Å². The molecular weight excluding hydrogens is 358 g/mol. The average molecular weight is 379 g/mol. The molecule has 1 aromatic carbocycles. The van der Waals surface area contributed by atoms with Crippen molar-refractivity contribution in [3.8, 4) is 17.1 Å². The van der Waals surface area contributed by atoms with Gasteiger partial charge in [0.1, 0.15) is 11.5 Å². The summed E-state index contributed by atoms with van der Waals surface area (Å²) in [4.78, 5) is 33.0. The molecule has 1 atom stereocenters. The molecular formula is C21H21N3O4. The summed E-state index contributed by atoms with van der Waals surface area (Å²) >= 11 is 0. The number of piperidine rings is 1. The van der Waals surface area contributed by atoms with Gasteiger partial charge < -0.3 is 19.0 Å². The smallest absolute Gasteiger partial charge is 0.289 e. The van der Waals surface area contributed by atoms with Gasteiger partial charge >= 0.3 is 0 Å². The Hall–Kier alpha value is -3.35. The maximum atomic E-state index is 12.9. The third-order valence-electron chi connectivity index (χ3n) is 5.02. The average Bonchev–Trinajstić information content (AvgIpc) is 3.23. The third kappa shape index (κ3) is 3.69. The molecule has 1 saturated heterocycles. The molecule has 7 nitrogen and oxygen atoms in total. The van der Waals surface area contributed by atoms with Crippen LogP contribution in [0.2, 0.25) is 0 Å². The first-order valence-corrected chi connectivity index (χ1v) is 9.22. The van der Waals surface area contributed by atoms with E-state index in [4.69, 9.17) is 9.15 Å². The van der Waals surface area contributed by atoms with Gasteiger partial charge in [-0.3, -0.25) is 9.59 Å². The van der Waals surface area contributed by atoms with Gasteiger partial charge in [-0.05, 0) is 49.2 Å². The van der Waals surface area contributed by atoms with Crippen LogP contribution in [0.1, 0.15) is 35.0 Å². The summed E-state index contributed by atoms with van der Waals surface area (Å²) in [5.41, 5.74) is 1.42. The van der Waals surface area contributed by atoms with E-state index in [9.17, 15) is 9.59 Å². The molecule has 1 amide bonds. The van der Waals surface area contributed by atoms with E-state index < -0.39 is 0 Å². The van der Waals surface area contributed by atoms with Crippen molar-refractivity contribution in [3.05, 3.63) is 70.6 Å². The number of carbonyl (C=O) groups is 1. The van der Waals surface area contributed by atoms with Crippen LogP contribution in [0.3, 0.4) is 0 Å². The second kappa shape index (κ2) is 7.72. The lowest BCUT2D eigenvalue weighted by molar-refractivity contribution is 0.0674. The molecule has 0 saturated carbocycles. The van der Waals surface area contributed by atoms with Crippen molar-refractivity contribution < 1.29 is 13.9 Å². The Labute approximate surface area is 162 Å². The van der Waals surface area contributed by atoms with E-state index in [1.54, 1.807) is 24.1 Å². The van der Waals surface area contributed by atoms with E-state index in [1.165, 1.54) is 12.4 Å². The van der Waals surface area contributed by atoms with Crippen LogP contribution in [-0.4, -0.2) is 41.0 Å². The van der Waals surface area contributed by atoms with Gasteiger partial charge in [0.05, 0.1) is 19.1 Å². The van der Waals surface area contributed by atoms with Crippen molar-refractivity contribution in [2.75, 3.05) is 20.2 Å². The number of methoxy groups -OCH3 is 1. The zero-order valence-electron chi connectivity index (χ0n) is 15.6. The molecule has 28 heavy (non-hydrogen) atoms. The summed E-state index contributed by atoms with van der Waals surface area (Å²) < 4.78 is 11.0. The van der Waals surface area contributed by atoms with Crippen LogP contribution in [0, 0.1) is 0 Å². The SMILES string of the molecule is COc1ccc(-c2ccc(C(=O)N3CCC[C@H](c4cc(=O)[nH]cn4)C3)o2)cc1. The van der Waals surface area contributed by atoms with Gasteiger partial charge in [-0.25, -0.2) is 4.98 Å². The first-order chi connectivity index (χ1) is 13.6. The molecule has 3 heterocycles. The molecule has 0 radical (unpaired) electrons. The Morgan fingerprint density at radius 3 is 2.82 bits per heavy atom. The van der Waals surface area contributed by atoms with Gasteiger partial charge in [-0.2, -0.15) is 0 Å². The number of rotatable bonds is 4. The van der Waals surface area contributed by atoms with Crippen LogP contribution < -0.4 is 10.3 Å². The number of H-pyrrole nitrogens is 1. The molecule has 2 aromatic heterocycles. The highest BCUT2D eigenvalue weighted by Gasteiger charge is 2.28. The van der Waals surface area contributed by atoms with Crippen LogP contribution >= 0.6 is 0 Å². The highest BCUT2D eigenvalue weighted by atomic mass is 16.5. The minimum absolute atomic E-state index is 0.0519. The van der Waals surface area contributed by atoms with Crippen LogP contribution in [0.5, 0.6) is 5.75 Å². The summed E-state index contributed by atoms with van der Waals surface area (Å²) in [5, 5.41) is 0. The molecule has 1 aliphatic heterocycles. The number of aromatic amines is 1. The maximum absolute atomic E-state index is 12.9. The number of benzene rings is 1. The van der Waals surface area contributed by atoms with Crippen LogP contribution in [0.25, 0.3) is 11.3 Å². The Balaban J connectivity index is 1.49. The summed E-state index contributed by atoms with van der Waals surface area (Å²) in [6.45, 7) is 1.19. The van der Waals surface area contributed by atoms with Gasteiger partial charge in [0.2, 0.25) is 0 Å². The number of likely N-dealkylation sites (tertiary alicyclic amines) is 1. The van der Waals surface area contributed by atoms with Gasteiger partial charge in [0, 0.05) is 30.6 Å². The Morgan fingerprint density at radius 1 is 1.25 bits per heavy atom. The normalized spacial score (nSPS) is 16.8. The molecule has 7 heteroatoms. The van der Waals surface area contributed by atoms with Crippen molar-refractivity contribution in [2.24, 2.45) is 0 Å². The van der Waals surface area contributed by atoms with E-state index >= 15 is 0 Å². The molecule has 0 aliphatic carbocycles. The molecule has 0 spiro atoms. The second-order valence-corrected chi connectivity index (χ2v) is 6.82. The van der Waals surface area contributed by atoms with E-state index in [0.29, 0.717) is 24.6 Å². The highest BCUT2D eigenvalue weighted by molar-refractivity contribution is 5.92. The van der Waals surface area contributed by atoms with Crippen LogP contribution in [0.4, 0.5) is 0 Å². The molecule has 0 bridgehead atoms. The molecule has 0 unspecified atom stereocenters. The number of aromatic nitrogens is 2. The maximum Gasteiger partial charge on any atom is 0.289 e. The Kier molecular flexibility index (Phi) is 4.97. The minimum atomic E-state index is -0.177. The number of amides is 1. The zero-order chi connectivity index (χ0) is 19.5. The van der Waals surface area contributed by atoms with Gasteiger partial charge in [0.25, 0.3) is 11.5 Å². The molecule has 144 valence electrons. The van der Waals surface area contributed by atoms with Gasteiger partial charge in [-0.1, -0.05) is 0 Å². The summed E-state index contributed by atoms with van der Waals surface area (Å²) in [6.07, 6.45) is 3.17. The predicted octanol–water partition coefficient (Wildman–Crippen LogP) is 3.06. The highest BCUT2D eigenvalue weighted by Crippen LogP contribution is 2.28. The van der Waals surface area contributed by atoms with Crippen molar-refractivity contribution in [2.45, 2.75) is 18.8 Å². The lowest BCUT2D eigenvalue weighted by Crippen LogP contribution is -2.39. The summed E-state index contributed by atoms with van der Waals surface area (Å²) in [5.74, 6) is 1.62. The minimum Gasteiger partial charge on any atom is -0.497 e. The van der Waals surface area contributed by atoms with E-state index in [1.807, 2.05) is 24.3 Å². The lowest BCUT2D eigenvalue weighted by atomic mass is 9.94. The fourth-order valence-electron chi connectivity index (χ4n) is 3.53. The molecule has 3 aromatic rings. The van der Waals surface area contributed by atoms with Crippen molar-refractivity contribution >= 4 is 5.91 Å². The van der Waals surface area contributed by atoms with Crippen molar-refractivity contribution in [1.29, 1.82) is 0 Å². The van der Waals surface area contributed by atoms with E-state index in [0.717, 1.165) is 29.8 Å². The second-order valence-electron chi connectivity index (χ2n) is 6.82. The Morgan fingerprint density at radius 2 is 2.07 bits per heavy atom. The number of hydrogen-bond donors (Lipinski definition) is 1. The molecule has 1 N–H and O–H groups in total. The standard InChI is InChI=1S/C21H21N3O4/c1-27-16-6-4-14(5-7-16)18-8-9-19(28-18)21(26)24-10-2-3-15(12-24)17-11-20(25)23-13-22-17/h4-9,11,13,15H,2-3,10,12H2,1H3,(H,22,23,25)/t15-/m0/s1. The number of nitrogens with one attached hydrogen (secondary N) is 1. The molecule has 1 fully saturated rings. The number of furan rings is 1. The molecule has 1 aliphatic rings. The Bertz CT molecular complexity index is 1020. The van der Waals surface area contributed by atoms with Crippen LogP contribution in [0.15, 0.2) is 58.0 Å². The largest absolute Gasteiger partial charge is 0.497 e. The zero-order valence-corrected chi connectivity index (χ0v) is 15.6. The lowest BCUT2D eigenvalue weighted by Gasteiger charge is -2.31. The molecule has 4 rings (SSSR count). The fourth-order valence-corrected chi connectivity index (χ4v) is 3.53.